The van der Waals surface area contributed by atoms with E-state index >= 15 is 0 Å². The second kappa shape index (κ2) is 5.21. The summed E-state index contributed by atoms with van der Waals surface area (Å²) in [6.45, 7) is 1.97. The predicted octanol–water partition coefficient (Wildman–Crippen LogP) is 2.40. The summed E-state index contributed by atoms with van der Waals surface area (Å²) in [5, 5.41) is 3.27. The Kier molecular flexibility index (Phi) is 3.67. The summed E-state index contributed by atoms with van der Waals surface area (Å²) in [4.78, 5) is 11.9. The van der Waals surface area contributed by atoms with Crippen molar-refractivity contribution in [1.29, 1.82) is 0 Å². The molecule has 1 aliphatic rings. The fourth-order valence-electron chi connectivity index (χ4n) is 2.13. The molecule has 0 unspecified atom stereocenters. The van der Waals surface area contributed by atoms with Crippen LogP contribution in [0.5, 0.6) is 0 Å². The first-order valence-corrected chi connectivity index (χ1v) is 5.75. The molecule has 0 aromatic heterocycles. The normalized spacial score (nSPS) is 17.3. The van der Waals surface area contributed by atoms with E-state index in [0.29, 0.717) is 17.9 Å². The summed E-state index contributed by atoms with van der Waals surface area (Å²) < 4.78 is 12.9. The highest BCUT2D eigenvalue weighted by Gasteiger charge is 2.17. The van der Waals surface area contributed by atoms with Crippen LogP contribution in [0.25, 0.3) is 0 Å². The molecule has 0 saturated carbocycles. The van der Waals surface area contributed by atoms with Crippen LogP contribution in [0.3, 0.4) is 0 Å². The Labute approximate surface area is 94.9 Å². The van der Waals surface area contributed by atoms with E-state index in [2.05, 4.69) is 5.32 Å². The summed E-state index contributed by atoms with van der Waals surface area (Å²) in [6.07, 6.45) is 2.63. The highest BCUT2D eigenvalue weighted by molar-refractivity contribution is 5.96. The van der Waals surface area contributed by atoms with Crippen LogP contribution in [0.15, 0.2) is 24.3 Å². The van der Waals surface area contributed by atoms with Crippen molar-refractivity contribution >= 4 is 5.78 Å². The van der Waals surface area contributed by atoms with Crippen molar-refractivity contribution in [3.63, 3.8) is 0 Å². The fourth-order valence-corrected chi connectivity index (χ4v) is 2.13. The minimum absolute atomic E-state index is 0.0615. The van der Waals surface area contributed by atoms with Crippen molar-refractivity contribution < 1.29 is 9.18 Å². The fraction of sp³-hybridized carbons (Fsp3) is 0.462. The van der Waals surface area contributed by atoms with E-state index in [4.69, 9.17) is 0 Å². The van der Waals surface area contributed by atoms with E-state index in [1.165, 1.54) is 12.1 Å². The monoisotopic (exact) mass is 221 g/mol. The van der Waals surface area contributed by atoms with Gasteiger partial charge in [0.15, 0.2) is 5.78 Å². The number of carbonyl (C=O) groups excluding carboxylic acids is 1. The number of nitrogens with one attached hydrogen (secondary N) is 1. The zero-order chi connectivity index (χ0) is 11.4. The predicted molar refractivity (Wildman–Crippen MR) is 60.9 cm³/mol. The highest BCUT2D eigenvalue weighted by Crippen LogP contribution is 2.19. The lowest BCUT2D eigenvalue weighted by Crippen LogP contribution is -2.28. The van der Waals surface area contributed by atoms with Crippen LogP contribution >= 0.6 is 0 Å². The molecule has 16 heavy (non-hydrogen) atoms. The van der Waals surface area contributed by atoms with Gasteiger partial charge in [-0.2, -0.15) is 0 Å². The van der Waals surface area contributed by atoms with Crippen LogP contribution in [0, 0.1) is 11.7 Å². The van der Waals surface area contributed by atoms with E-state index < -0.39 is 0 Å². The van der Waals surface area contributed by atoms with Gasteiger partial charge >= 0.3 is 0 Å². The molecule has 1 saturated heterocycles. The van der Waals surface area contributed by atoms with Crippen LogP contribution in [-0.2, 0) is 0 Å². The maximum atomic E-state index is 12.9. The van der Waals surface area contributed by atoms with Gasteiger partial charge in [0.05, 0.1) is 0 Å². The summed E-state index contributed by atoms with van der Waals surface area (Å²) in [5.41, 5.74) is 0.499. The second-order valence-electron chi connectivity index (χ2n) is 4.33. The Morgan fingerprint density at radius 1 is 1.38 bits per heavy atom. The molecule has 0 radical (unpaired) electrons. The molecule has 0 atom stereocenters. The van der Waals surface area contributed by atoms with Crippen LogP contribution in [-0.4, -0.2) is 18.9 Å². The lowest BCUT2D eigenvalue weighted by Gasteiger charge is -2.21. The standard InChI is InChI=1S/C13H16FNO/c14-12-3-1-2-11(9-12)13(16)8-10-4-6-15-7-5-10/h1-3,9-10,15H,4-8H2. The molecule has 0 amide bonds. The van der Waals surface area contributed by atoms with Gasteiger partial charge < -0.3 is 5.32 Å². The zero-order valence-electron chi connectivity index (χ0n) is 9.21. The Balaban J connectivity index is 1.97. The molecule has 1 aromatic carbocycles. The number of ketones is 1. The van der Waals surface area contributed by atoms with Gasteiger partial charge in [0.25, 0.3) is 0 Å². The molecule has 2 rings (SSSR count). The van der Waals surface area contributed by atoms with Crippen LogP contribution in [0.4, 0.5) is 4.39 Å². The van der Waals surface area contributed by atoms with Crippen molar-refractivity contribution in [3.05, 3.63) is 35.6 Å². The van der Waals surface area contributed by atoms with Gasteiger partial charge in [-0.25, -0.2) is 4.39 Å². The lowest BCUT2D eigenvalue weighted by molar-refractivity contribution is 0.0952. The first-order valence-electron chi connectivity index (χ1n) is 5.75. The first-order chi connectivity index (χ1) is 7.75. The Morgan fingerprint density at radius 3 is 2.81 bits per heavy atom. The summed E-state index contributed by atoms with van der Waals surface area (Å²) >= 11 is 0. The van der Waals surface area contributed by atoms with Gasteiger partial charge in [0.1, 0.15) is 5.82 Å². The van der Waals surface area contributed by atoms with Crippen LogP contribution < -0.4 is 5.32 Å². The van der Waals surface area contributed by atoms with E-state index in [1.54, 1.807) is 12.1 Å². The Morgan fingerprint density at radius 2 is 2.12 bits per heavy atom. The SMILES string of the molecule is O=C(CC1CCNCC1)c1cccc(F)c1. The van der Waals surface area contributed by atoms with Crippen molar-refractivity contribution in [2.75, 3.05) is 13.1 Å². The molecule has 1 heterocycles. The molecular weight excluding hydrogens is 205 g/mol. The molecule has 1 N–H and O–H groups in total. The molecule has 2 nitrogen and oxygen atoms in total. The number of halogens is 1. The van der Waals surface area contributed by atoms with Crippen molar-refractivity contribution in [1.82, 2.24) is 5.32 Å². The average Bonchev–Trinajstić information content (AvgIpc) is 2.30. The summed E-state index contributed by atoms with van der Waals surface area (Å²) in [6, 6.07) is 5.96. The maximum Gasteiger partial charge on any atom is 0.163 e. The molecule has 0 spiro atoms. The number of Topliss-reactive ketones (excluding diaryl/α,β-unsaturated/α-hetero) is 1. The molecule has 1 aromatic rings. The van der Waals surface area contributed by atoms with Gasteiger partial charge in [-0.05, 0) is 44.0 Å². The van der Waals surface area contributed by atoms with E-state index in [-0.39, 0.29) is 11.6 Å². The van der Waals surface area contributed by atoms with Crippen LogP contribution in [0.2, 0.25) is 0 Å². The van der Waals surface area contributed by atoms with Crippen molar-refractivity contribution in [2.45, 2.75) is 19.3 Å². The van der Waals surface area contributed by atoms with Gasteiger partial charge in [-0.1, -0.05) is 12.1 Å². The van der Waals surface area contributed by atoms with Crippen molar-refractivity contribution in [3.8, 4) is 0 Å². The van der Waals surface area contributed by atoms with Gasteiger partial charge in [0, 0.05) is 12.0 Å². The molecule has 0 aliphatic carbocycles. The molecule has 3 heteroatoms. The number of rotatable bonds is 3. The Hall–Kier alpha value is -1.22. The van der Waals surface area contributed by atoms with Crippen molar-refractivity contribution in [2.24, 2.45) is 5.92 Å². The number of piperidine rings is 1. The molecular formula is C13H16FNO. The lowest BCUT2D eigenvalue weighted by atomic mass is 9.91. The van der Waals surface area contributed by atoms with Crippen LogP contribution in [0.1, 0.15) is 29.6 Å². The number of benzene rings is 1. The summed E-state index contributed by atoms with van der Waals surface area (Å²) in [5.74, 6) is 0.180. The first kappa shape index (κ1) is 11.3. The minimum atomic E-state index is -0.337. The smallest absolute Gasteiger partial charge is 0.163 e. The van der Waals surface area contributed by atoms with Gasteiger partial charge in [0.2, 0.25) is 0 Å². The average molecular weight is 221 g/mol. The third kappa shape index (κ3) is 2.89. The zero-order valence-corrected chi connectivity index (χ0v) is 9.21. The van der Waals surface area contributed by atoms with Gasteiger partial charge in [-0.3, -0.25) is 4.79 Å². The highest BCUT2D eigenvalue weighted by atomic mass is 19.1. The quantitative estimate of drug-likeness (QED) is 0.794. The summed E-state index contributed by atoms with van der Waals surface area (Å²) in [7, 11) is 0. The van der Waals surface area contributed by atoms with Gasteiger partial charge in [-0.15, -0.1) is 0 Å². The van der Waals surface area contributed by atoms with E-state index in [1.807, 2.05) is 0 Å². The maximum absolute atomic E-state index is 12.9. The third-order valence-electron chi connectivity index (χ3n) is 3.08. The molecule has 0 bridgehead atoms. The molecule has 1 fully saturated rings. The topological polar surface area (TPSA) is 29.1 Å². The van der Waals surface area contributed by atoms with E-state index in [9.17, 15) is 9.18 Å². The third-order valence-corrected chi connectivity index (χ3v) is 3.08. The molecule has 1 aliphatic heterocycles. The number of hydrogen-bond acceptors (Lipinski definition) is 2. The minimum Gasteiger partial charge on any atom is -0.317 e. The molecule has 86 valence electrons. The number of carbonyl (C=O) groups is 1. The second-order valence-corrected chi connectivity index (χ2v) is 4.33. The largest absolute Gasteiger partial charge is 0.317 e. The Bertz CT molecular complexity index is 372. The van der Waals surface area contributed by atoms with E-state index in [0.717, 1.165) is 25.9 Å². The number of hydrogen-bond donors (Lipinski definition) is 1.